The predicted octanol–water partition coefficient (Wildman–Crippen LogP) is 3.00. The molecule has 5 heteroatoms. The molecule has 22 heavy (non-hydrogen) atoms. The fourth-order valence-corrected chi connectivity index (χ4v) is 3.07. The molecule has 0 spiro atoms. The van der Waals surface area contributed by atoms with Gasteiger partial charge in [-0.15, -0.1) is 11.3 Å². The SMILES string of the molecule is CC(C)C(N)c1nc(CC(=O)N(C)Cc2ccccc2)cs1. The standard InChI is InChI=1S/C17H23N3OS/c1-12(2)16(18)17-19-14(11-22-17)9-15(21)20(3)10-13-7-5-4-6-8-13/h4-8,11-12,16H,9-10,18H2,1-3H3. The largest absolute Gasteiger partial charge is 0.341 e. The second-order valence-corrected chi connectivity index (χ2v) is 6.75. The average Bonchev–Trinajstić information content (AvgIpc) is 2.95. The van der Waals surface area contributed by atoms with E-state index >= 15 is 0 Å². The molecule has 0 saturated carbocycles. The monoisotopic (exact) mass is 317 g/mol. The van der Waals surface area contributed by atoms with Crippen LogP contribution in [0.2, 0.25) is 0 Å². The van der Waals surface area contributed by atoms with Crippen molar-refractivity contribution in [3.05, 3.63) is 52.0 Å². The van der Waals surface area contributed by atoms with E-state index in [0.717, 1.165) is 16.3 Å². The van der Waals surface area contributed by atoms with E-state index in [0.29, 0.717) is 18.9 Å². The summed E-state index contributed by atoms with van der Waals surface area (Å²) in [6.07, 6.45) is 0.324. The number of hydrogen-bond donors (Lipinski definition) is 1. The van der Waals surface area contributed by atoms with Crippen LogP contribution in [0.5, 0.6) is 0 Å². The minimum Gasteiger partial charge on any atom is -0.341 e. The van der Waals surface area contributed by atoms with Crippen LogP contribution in [0.25, 0.3) is 0 Å². The lowest BCUT2D eigenvalue weighted by atomic mass is 10.1. The van der Waals surface area contributed by atoms with Crippen molar-refractivity contribution >= 4 is 17.2 Å². The third kappa shape index (κ3) is 4.39. The van der Waals surface area contributed by atoms with Crippen molar-refractivity contribution in [3.63, 3.8) is 0 Å². The van der Waals surface area contributed by atoms with E-state index < -0.39 is 0 Å². The number of nitrogens with zero attached hydrogens (tertiary/aromatic N) is 2. The highest BCUT2D eigenvalue weighted by Crippen LogP contribution is 2.22. The van der Waals surface area contributed by atoms with Crippen LogP contribution in [0, 0.1) is 5.92 Å². The fraction of sp³-hybridized carbons (Fsp3) is 0.412. The fourth-order valence-electron chi connectivity index (χ4n) is 2.08. The third-order valence-electron chi connectivity index (χ3n) is 3.59. The van der Waals surface area contributed by atoms with Gasteiger partial charge in [-0.05, 0) is 11.5 Å². The Balaban J connectivity index is 1.94. The van der Waals surface area contributed by atoms with Crippen LogP contribution in [-0.2, 0) is 17.8 Å². The molecule has 4 nitrogen and oxygen atoms in total. The Morgan fingerprint density at radius 3 is 2.64 bits per heavy atom. The van der Waals surface area contributed by atoms with E-state index in [1.165, 1.54) is 11.3 Å². The Morgan fingerprint density at radius 1 is 1.32 bits per heavy atom. The Labute approximate surface area is 136 Å². The van der Waals surface area contributed by atoms with Crippen LogP contribution < -0.4 is 5.73 Å². The summed E-state index contributed by atoms with van der Waals surface area (Å²) < 4.78 is 0. The number of aromatic nitrogens is 1. The van der Waals surface area contributed by atoms with Gasteiger partial charge in [0.25, 0.3) is 0 Å². The van der Waals surface area contributed by atoms with Crippen molar-refractivity contribution < 1.29 is 4.79 Å². The van der Waals surface area contributed by atoms with E-state index in [9.17, 15) is 4.79 Å². The van der Waals surface area contributed by atoms with Crippen LogP contribution in [0.4, 0.5) is 0 Å². The van der Waals surface area contributed by atoms with Gasteiger partial charge in [-0.1, -0.05) is 44.2 Å². The highest BCUT2D eigenvalue weighted by Gasteiger charge is 2.17. The Morgan fingerprint density at radius 2 is 2.00 bits per heavy atom. The first kappa shape index (κ1) is 16.6. The van der Waals surface area contributed by atoms with E-state index in [-0.39, 0.29) is 11.9 Å². The van der Waals surface area contributed by atoms with Crippen LogP contribution in [0.1, 0.15) is 36.2 Å². The van der Waals surface area contributed by atoms with Gasteiger partial charge in [0.1, 0.15) is 5.01 Å². The maximum atomic E-state index is 12.3. The average molecular weight is 317 g/mol. The molecule has 2 rings (SSSR count). The van der Waals surface area contributed by atoms with Crippen LogP contribution in [0.15, 0.2) is 35.7 Å². The Bertz CT molecular complexity index is 609. The van der Waals surface area contributed by atoms with Crippen molar-refractivity contribution in [3.8, 4) is 0 Å². The molecule has 1 amide bonds. The number of thiazole rings is 1. The van der Waals surface area contributed by atoms with E-state index in [2.05, 4.69) is 18.8 Å². The number of likely N-dealkylation sites (N-methyl/N-ethyl adjacent to an activating group) is 1. The summed E-state index contributed by atoms with van der Waals surface area (Å²) >= 11 is 1.54. The molecule has 0 aliphatic heterocycles. The number of benzene rings is 1. The first-order valence-electron chi connectivity index (χ1n) is 7.45. The molecule has 0 aliphatic rings. The van der Waals surface area contributed by atoms with Crippen molar-refractivity contribution in [2.75, 3.05) is 7.05 Å². The minimum absolute atomic E-state index is 0.0594. The molecule has 2 N–H and O–H groups in total. The molecular weight excluding hydrogens is 294 g/mol. The van der Waals surface area contributed by atoms with Crippen LogP contribution >= 0.6 is 11.3 Å². The maximum Gasteiger partial charge on any atom is 0.228 e. The smallest absolute Gasteiger partial charge is 0.228 e. The first-order valence-corrected chi connectivity index (χ1v) is 8.33. The zero-order valence-electron chi connectivity index (χ0n) is 13.3. The van der Waals surface area contributed by atoms with Gasteiger partial charge in [-0.25, -0.2) is 4.98 Å². The molecule has 0 fully saturated rings. The number of carbonyl (C=O) groups excluding carboxylic acids is 1. The number of hydrogen-bond acceptors (Lipinski definition) is 4. The normalized spacial score (nSPS) is 12.4. The van der Waals surface area contributed by atoms with Crippen LogP contribution in [-0.4, -0.2) is 22.8 Å². The number of rotatable bonds is 6. The van der Waals surface area contributed by atoms with E-state index in [4.69, 9.17) is 5.73 Å². The predicted molar refractivity (Wildman–Crippen MR) is 90.5 cm³/mol. The molecule has 1 aromatic heterocycles. The van der Waals surface area contributed by atoms with Gasteiger partial charge in [0.2, 0.25) is 5.91 Å². The van der Waals surface area contributed by atoms with Gasteiger partial charge in [0, 0.05) is 19.0 Å². The molecule has 1 aromatic carbocycles. The summed E-state index contributed by atoms with van der Waals surface area (Å²) in [5.74, 6) is 0.411. The Hall–Kier alpha value is -1.72. The first-order chi connectivity index (χ1) is 10.5. The number of nitrogens with two attached hydrogens (primary N) is 1. The van der Waals surface area contributed by atoms with Crippen molar-refractivity contribution in [2.45, 2.75) is 32.9 Å². The molecule has 118 valence electrons. The van der Waals surface area contributed by atoms with E-state index in [1.54, 1.807) is 4.90 Å². The molecule has 0 aliphatic carbocycles. The topological polar surface area (TPSA) is 59.2 Å². The summed E-state index contributed by atoms with van der Waals surface area (Å²) in [6, 6.07) is 9.91. The lowest BCUT2D eigenvalue weighted by Crippen LogP contribution is -2.27. The Kier molecular flexibility index (Phi) is 5.69. The van der Waals surface area contributed by atoms with Crippen LogP contribution in [0.3, 0.4) is 0 Å². The summed E-state index contributed by atoms with van der Waals surface area (Å²) in [5.41, 5.74) is 8.03. The lowest BCUT2D eigenvalue weighted by molar-refractivity contribution is -0.129. The lowest BCUT2D eigenvalue weighted by Gasteiger charge is -2.16. The van der Waals surface area contributed by atoms with Gasteiger partial charge in [0.15, 0.2) is 0 Å². The van der Waals surface area contributed by atoms with Crippen molar-refractivity contribution in [1.82, 2.24) is 9.88 Å². The summed E-state index contributed by atoms with van der Waals surface area (Å²) in [4.78, 5) is 18.5. The molecular formula is C17H23N3OS. The van der Waals surface area contributed by atoms with Gasteiger partial charge < -0.3 is 10.6 Å². The van der Waals surface area contributed by atoms with Gasteiger partial charge >= 0.3 is 0 Å². The molecule has 1 unspecified atom stereocenters. The summed E-state index contributed by atoms with van der Waals surface area (Å²) in [6.45, 7) is 4.76. The highest BCUT2D eigenvalue weighted by molar-refractivity contribution is 7.09. The molecule has 0 radical (unpaired) electrons. The zero-order valence-corrected chi connectivity index (χ0v) is 14.1. The van der Waals surface area contributed by atoms with Gasteiger partial charge in [-0.3, -0.25) is 4.79 Å². The van der Waals surface area contributed by atoms with Gasteiger partial charge in [-0.2, -0.15) is 0 Å². The second kappa shape index (κ2) is 7.51. The third-order valence-corrected chi connectivity index (χ3v) is 4.59. The quantitative estimate of drug-likeness (QED) is 0.891. The second-order valence-electron chi connectivity index (χ2n) is 5.86. The summed E-state index contributed by atoms with van der Waals surface area (Å²) in [5, 5.41) is 2.84. The van der Waals surface area contributed by atoms with Crippen molar-refractivity contribution in [2.24, 2.45) is 11.7 Å². The molecule has 1 heterocycles. The zero-order chi connectivity index (χ0) is 16.1. The number of carbonyl (C=O) groups is 1. The number of amides is 1. The highest BCUT2D eigenvalue weighted by atomic mass is 32.1. The maximum absolute atomic E-state index is 12.3. The van der Waals surface area contributed by atoms with Gasteiger partial charge in [0.05, 0.1) is 18.2 Å². The molecule has 2 aromatic rings. The van der Waals surface area contributed by atoms with E-state index in [1.807, 2.05) is 42.8 Å². The molecule has 0 bridgehead atoms. The van der Waals surface area contributed by atoms with Crippen molar-refractivity contribution in [1.29, 1.82) is 0 Å². The molecule has 0 saturated heterocycles. The summed E-state index contributed by atoms with van der Waals surface area (Å²) in [7, 11) is 1.82. The molecule has 1 atom stereocenters. The minimum atomic E-state index is -0.0594.